The quantitative estimate of drug-likeness (QED) is 0.830. The number of fused-ring (bicyclic) bond motifs is 1. The lowest BCUT2D eigenvalue weighted by Crippen LogP contribution is -2.37. The minimum Gasteiger partial charge on any atom is -0.491 e. The first kappa shape index (κ1) is 16.6. The number of β-amino-alcohol motifs (C(OH)–C–C–N with tert-alkyl or cyclic N) is 1. The SMILES string of the molecule is N#Cc1ccc(OCC(O)CN2CC3CN(C(=O)O)CC3C2)cc1. The summed E-state index contributed by atoms with van der Waals surface area (Å²) >= 11 is 0. The van der Waals surface area contributed by atoms with Crippen molar-refractivity contribution in [2.45, 2.75) is 6.10 Å². The van der Waals surface area contributed by atoms with Crippen LogP contribution < -0.4 is 4.74 Å². The lowest BCUT2D eigenvalue weighted by Gasteiger charge is -2.22. The van der Waals surface area contributed by atoms with Crippen molar-refractivity contribution >= 4 is 6.09 Å². The van der Waals surface area contributed by atoms with Crippen LogP contribution in [0, 0.1) is 23.2 Å². The Morgan fingerprint density at radius 3 is 2.42 bits per heavy atom. The van der Waals surface area contributed by atoms with Gasteiger partial charge in [-0.05, 0) is 36.1 Å². The van der Waals surface area contributed by atoms with E-state index >= 15 is 0 Å². The van der Waals surface area contributed by atoms with Crippen molar-refractivity contribution in [2.75, 3.05) is 39.3 Å². The monoisotopic (exact) mass is 331 g/mol. The van der Waals surface area contributed by atoms with Crippen LogP contribution in [0.25, 0.3) is 0 Å². The van der Waals surface area contributed by atoms with Crippen LogP contribution in [0.3, 0.4) is 0 Å². The number of carbonyl (C=O) groups is 1. The average Bonchev–Trinajstić information content (AvgIpc) is 3.12. The molecule has 2 N–H and O–H groups in total. The van der Waals surface area contributed by atoms with Gasteiger partial charge in [-0.25, -0.2) is 4.79 Å². The molecule has 0 spiro atoms. The van der Waals surface area contributed by atoms with Crippen LogP contribution in [0.4, 0.5) is 4.79 Å². The highest BCUT2D eigenvalue weighted by Crippen LogP contribution is 2.31. The number of rotatable bonds is 5. The van der Waals surface area contributed by atoms with Gasteiger partial charge in [0.2, 0.25) is 0 Å². The second kappa shape index (κ2) is 7.07. The predicted molar refractivity (Wildman–Crippen MR) is 85.7 cm³/mol. The Morgan fingerprint density at radius 1 is 1.25 bits per heavy atom. The van der Waals surface area contributed by atoms with Crippen molar-refractivity contribution in [3.8, 4) is 11.8 Å². The Balaban J connectivity index is 1.41. The van der Waals surface area contributed by atoms with E-state index in [1.54, 1.807) is 24.3 Å². The Morgan fingerprint density at radius 2 is 1.88 bits per heavy atom. The van der Waals surface area contributed by atoms with Crippen molar-refractivity contribution in [2.24, 2.45) is 11.8 Å². The van der Waals surface area contributed by atoms with E-state index < -0.39 is 12.2 Å². The molecule has 2 aliphatic heterocycles. The number of amides is 1. The summed E-state index contributed by atoms with van der Waals surface area (Å²) in [6.45, 7) is 3.54. The molecule has 2 saturated heterocycles. The molecule has 0 radical (unpaired) electrons. The van der Waals surface area contributed by atoms with E-state index in [1.165, 1.54) is 4.90 Å². The molecule has 1 amide bonds. The molecule has 3 unspecified atom stereocenters. The zero-order valence-electron chi connectivity index (χ0n) is 13.3. The first-order chi connectivity index (χ1) is 11.5. The maximum atomic E-state index is 11.0. The molecule has 0 aliphatic carbocycles. The minimum absolute atomic E-state index is 0.193. The Hall–Kier alpha value is -2.30. The number of likely N-dealkylation sites (tertiary alicyclic amines) is 2. The molecule has 24 heavy (non-hydrogen) atoms. The number of benzene rings is 1. The zero-order valence-corrected chi connectivity index (χ0v) is 13.3. The van der Waals surface area contributed by atoms with E-state index in [4.69, 9.17) is 15.1 Å². The number of nitriles is 1. The Labute approximate surface area is 140 Å². The molecule has 3 atom stereocenters. The molecular formula is C17H21N3O4. The zero-order chi connectivity index (χ0) is 17.1. The van der Waals surface area contributed by atoms with Gasteiger partial charge in [0.05, 0.1) is 11.6 Å². The van der Waals surface area contributed by atoms with E-state index in [2.05, 4.69) is 4.90 Å². The number of aliphatic hydroxyl groups excluding tert-OH is 1. The number of ether oxygens (including phenoxy) is 1. The first-order valence-electron chi connectivity index (χ1n) is 8.06. The molecule has 1 aromatic rings. The molecule has 7 heteroatoms. The van der Waals surface area contributed by atoms with Gasteiger partial charge in [-0.3, -0.25) is 4.90 Å². The third kappa shape index (κ3) is 3.78. The minimum atomic E-state index is -0.841. The van der Waals surface area contributed by atoms with E-state index in [0.717, 1.165) is 13.1 Å². The largest absolute Gasteiger partial charge is 0.491 e. The molecule has 0 saturated carbocycles. The van der Waals surface area contributed by atoms with Gasteiger partial charge in [-0.2, -0.15) is 5.26 Å². The highest BCUT2D eigenvalue weighted by atomic mass is 16.5. The predicted octanol–water partition coefficient (Wildman–Crippen LogP) is 0.840. The van der Waals surface area contributed by atoms with Gasteiger partial charge in [0, 0.05) is 32.7 Å². The molecule has 7 nitrogen and oxygen atoms in total. The molecule has 0 aromatic heterocycles. The van der Waals surface area contributed by atoms with Gasteiger partial charge in [0.15, 0.2) is 0 Å². The average molecular weight is 331 g/mol. The van der Waals surface area contributed by atoms with Crippen molar-refractivity contribution in [3.63, 3.8) is 0 Å². The highest BCUT2D eigenvalue weighted by Gasteiger charge is 2.41. The summed E-state index contributed by atoms with van der Waals surface area (Å²) in [4.78, 5) is 14.7. The van der Waals surface area contributed by atoms with Gasteiger partial charge in [-0.15, -0.1) is 0 Å². The normalized spacial score (nSPS) is 24.4. The van der Waals surface area contributed by atoms with E-state index in [0.29, 0.717) is 42.8 Å². The molecule has 2 heterocycles. The summed E-state index contributed by atoms with van der Waals surface area (Å²) in [5, 5.41) is 27.9. The molecule has 0 bridgehead atoms. The fraction of sp³-hybridized carbons (Fsp3) is 0.529. The van der Waals surface area contributed by atoms with Gasteiger partial charge >= 0.3 is 6.09 Å². The number of aliphatic hydroxyl groups is 1. The number of nitrogens with zero attached hydrogens (tertiary/aromatic N) is 3. The molecular weight excluding hydrogens is 310 g/mol. The van der Waals surface area contributed by atoms with E-state index in [-0.39, 0.29) is 6.61 Å². The van der Waals surface area contributed by atoms with Crippen molar-refractivity contribution < 1.29 is 19.7 Å². The summed E-state index contributed by atoms with van der Waals surface area (Å²) in [6.07, 6.45) is -1.44. The third-order valence-corrected chi connectivity index (χ3v) is 4.73. The molecule has 2 aliphatic rings. The smallest absolute Gasteiger partial charge is 0.407 e. The Kier molecular flexibility index (Phi) is 4.88. The summed E-state index contributed by atoms with van der Waals surface area (Å²) in [7, 11) is 0. The van der Waals surface area contributed by atoms with Crippen LogP contribution in [0.1, 0.15) is 5.56 Å². The lowest BCUT2D eigenvalue weighted by atomic mass is 10.0. The van der Waals surface area contributed by atoms with Crippen LogP contribution in [0.2, 0.25) is 0 Å². The summed E-state index contributed by atoms with van der Waals surface area (Å²) in [6, 6.07) is 8.83. The van der Waals surface area contributed by atoms with Gasteiger partial charge in [0.25, 0.3) is 0 Å². The van der Waals surface area contributed by atoms with E-state index in [9.17, 15) is 9.90 Å². The van der Waals surface area contributed by atoms with Crippen LogP contribution >= 0.6 is 0 Å². The molecule has 1 aromatic carbocycles. The van der Waals surface area contributed by atoms with Crippen LogP contribution in [-0.2, 0) is 0 Å². The maximum absolute atomic E-state index is 11.0. The topological polar surface area (TPSA) is 97.0 Å². The standard InChI is InChI=1S/C17H21N3O4/c18-5-12-1-3-16(4-2-12)24-11-15(21)10-19-6-13-8-20(17(22)23)9-14(13)7-19/h1-4,13-15,21H,6-11H2,(H,22,23). The van der Waals surface area contributed by atoms with Crippen LogP contribution in [0.15, 0.2) is 24.3 Å². The summed E-state index contributed by atoms with van der Waals surface area (Å²) in [5.74, 6) is 1.36. The maximum Gasteiger partial charge on any atom is 0.407 e. The van der Waals surface area contributed by atoms with Crippen molar-refractivity contribution in [3.05, 3.63) is 29.8 Å². The third-order valence-electron chi connectivity index (χ3n) is 4.73. The lowest BCUT2D eigenvalue weighted by molar-refractivity contribution is 0.0718. The van der Waals surface area contributed by atoms with Crippen molar-refractivity contribution in [1.82, 2.24) is 9.80 Å². The van der Waals surface area contributed by atoms with Gasteiger partial charge in [0.1, 0.15) is 18.5 Å². The second-order valence-corrected chi connectivity index (χ2v) is 6.53. The van der Waals surface area contributed by atoms with Gasteiger partial charge < -0.3 is 19.8 Å². The van der Waals surface area contributed by atoms with E-state index in [1.807, 2.05) is 6.07 Å². The summed E-state index contributed by atoms with van der Waals surface area (Å²) in [5.41, 5.74) is 0.571. The Bertz CT molecular complexity index is 614. The van der Waals surface area contributed by atoms with Crippen LogP contribution in [0.5, 0.6) is 5.75 Å². The summed E-state index contributed by atoms with van der Waals surface area (Å²) < 4.78 is 5.55. The fourth-order valence-electron chi connectivity index (χ4n) is 3.56. The van der Waals surface area contributed by atoms with Gasteiger partial charge in [-0.1, -0.05) is 0 Å². The van der Waals surface area contributed by atoms with Crippen LogP contribution in [-0.4, -0.2) is 71.5 Å². The molecule has 2 fully saturated rings. The number of hydrogen-bond donors (Lipinski definition) is 2. The number of carboxylic acid groups (broad SMARTS) is 1. The fourth-order valence-corrected chi connectivity index (χ4v) is 3.56. The molecule has 128 valence electrons. The number of hydrogen-bond acceptors (Lipinski definition) is 5. The second-order valence-electron chi connectivity index (χ2n) is 6.53. The van der Waals surface area contributed by atoms with Crippen molar-refractivity contribution in [1.29, 1.82) is 5.26 Å². The molecule has 3 rings (SSSR count). The first-order valence-corrected chi connectivity index (χ1v) is 8.06. The highest BCUT2D eigenvalue weighted by molar-refractivity contribution is 5.65.